The maximum atomic E-state index is 13.1. The van der Waals surface area contributed by atoms with Gasteiger partial charge in [0.05, 0.1) is 16.3 Å². The molecule has 136 valence electrons. The van der Waals surface area contributed by atoms with E-state index in [1.165, 1.54) is 12.1 Å². The van der Waals surface area contributed by atoms with Crippen molar-refractivity contribution >= 4 is 41.1 Å². The highest BCUT2D eigenvalue weighted by Gasteiger charge is 2.48. The molecule has 2 aliphatic rings. The van der Waals surface area contributed by atoms with Crippen molar-refractivity contribution in [3.05, 3.63) is 28.3 Å². The molecule has 2 atom stereocenters. The summed E-state index contributed by atoms with van der Waals surface area (Å²) in [6.45, 7) is 0.475. The molecule has 0 spiro atoms. The van der Waals surface area contributed by atoms with E-state index >= 15 is 0 Å². The Morgan fingerprint density at radius 1 is 1.40 bits per heavy atom. The van der Waals surface area contributed by atoms with Gasteiger partial charge in [-0.15, -0.1) is 0 Å². The predicted octanol–water partition coefficient (Wildman–Crippen LogP) is 3.00. The zero-order valence-corrected chi connectivity index (χ0v) is 14.2. The number of carboxylic acids is 1. The molecule has 2 N–H and O–H groups in total. The number of carbonyl (C=O) groups is 1. The zero-order valence-electron chi connectivity index (χ0n) is 12.6. The minimum Gasteiger partial charge on any atom is -0.478 e. The van der Waals surface area contributed by atoms with Crippen molar-refractivity contribution in [3.8, 4) is 5.75 Å². The van der Waals surface area contributed by atoms with Gasteiger partial charge in [0.25, 0.3) is 0 Å². The number of hydrogen-bond donors (Lipinski definition) is 2. The fraction of sp³-hybridized carbons (Fsp3) is 0.400. The number of thioether (sulfide) groups is 1. The van der Waals surface area contributed by atoms with Crippen LogP contribution in [0.3, 0.4) is 0 Å². The molecule has 0 saturated carbocycles. The lowest BCUT2D eigenvalue weighted by atomic mass is 10.0. The summed E-state index contributed by atoms with van der Waals surface area (Å²) in [6.07, 6.45) is -7.34. The average molecular weight is 396 g/mol. The third-order valence-corrected chi connectivity index (χ3v) is 5.18. The highest BCUT2D eigenvalue weighted by molar-refractivity contribution is 7.99. The molecule has 1 aromatic rings. The number of alkyl halides is 3. The van der Waals surface area contributed by atoms with E-state index in [0.717, 1.165) is 11.8 Å². The number of halogens is 4. The third kappa shape index (κ3) is 3.54. The first-order valence-corrected chi connectivity index (χ1v) is 8.76. The Labute approximate surface area is 150 Å². The van der Waals surface area contributed by atoms with Crippen molar-refractivity contribution < 1.29 is 32.9 Å². The van der Waals surface area contributed by atoms with Gasteiger partial charge >= 0.3 is 12.1 Å². The van der Waals surface area contributed by atoms with Crippen molar-refractivity contribution in [2.45, 2.75) is 18.5 Å². The van der Waals surface area contributed by atoms with Gasteiger partial charge in [-0.1, -0.05) is 11.6 Å². The Morgan fingerprint density at radius 2 is 2.12 bits per heavy atom. The summed E-state index contributed by atoms with van der Waals surface area (Å²) in [5.41, 5.74) is -0.410. The first kappa shape index (κ1) is 18.2. The molecule has 10 heteroatoms. The summed E-state index contributed by atoms with van der Waals surface area (Å²) in [7, 11) is 0. The second-order valence-electron chi connectivity index (χ2n) is 5.53. The summed E-state index contributed by atoms with van der Waals surface area (Å²) in [4.78, 5) is 12.7. The molecule has 1 fully saturated rings. The molecule has 2 unspecified atom stereocenters. The summed E-state index contributed by atoms with van der Waals surface area (Å²) in [5.74, 6) is -0.656. The molecule has 2 aliphatic heterocycles. The normalized spacial score (nSPS) is 23.6. The summed E-state index contributed by atoms with van der Waals surface area (Å²) < 4.78 is 44.3. The van der Waals surface area contributed by atoms with Crippen LogP contribution in [0.2, 0.25) is 5.02 Å². The number of aliphatic carboxylic acids is 1. The van der Waals surface area contributed by atoms with Crippen LogP contribution in [0.15, 0.2) is 17.7 Å². The average Bonchev–Trinajstić information content (AvgIpc) is 2.53. The van der Waals surface area contributed by atoms with Gasteiger partial charge in [0.15, 0.2) is 0 Å². The lowest BCUT2D eigenvalue weighted by Crippen LogP contribution is -2.43. The van der Waals surface area contributed by atoms with Crippen LogP contribution < -0.4 is 9.64 Å². The van der Waals surface area contributed by atoms with Crippen LogP contribution in [-0.2, 0) is 4.79 Å². The first-order valence-electron chi connectivity index (χ1n) is 7.22. The Bertz CT molecular complexity index is 740. The Hall–Kier alpha value is -1.58. The van der Waals surface area contributed by atoms with Gasteiger partial charge in [-0.05, 0) is 12.1 Å². The van der Waals surface area contributed by atoms with Gasteiger partial charge in [-0.25, -0.2) is 4.79 Å². The molecule has 0 amide bonds. The second kappa shape index (κ2) is 6.62. The van der Waals surface area contributed by atoms with Crippen LogP contribution in [-0.4, -0.2) is 52.7 Å². The van der Waals surface area contributed by atoms with Crippen LogP contribution in [0.4, 0.5) is 18.9 Å². The fourth-order valence-electron chi connectivity index (χ4n) is 2.72. The van der Waals surface area contributed by atoms with E-state index in [4.69, 9.17) is 21.4 Å². The maximum absolute atomic E-state index is 13.1. The minimum absolute atomic E-state index is 0.128. The van der Waals surface area contributed by atoms with Crippen LogP contribution in [0.1, 0.15) is 5.56 Å². The highest BCUT2D eigenvalue weighted by atomic mass is 35.5. The molecule has 2 heterocycles. The van der Waals surface area contributed by atoms with Crippen molar-refractivity contribution in [1.82, 2.24) is 0 Å². The molecule has 0 aliphatic carbocycles. The molecule has 0 bridgehead atoms. The topological polar surface area (TPSA) is 70.0 Å². The number of rotatable bonds is 2. The smallest absolute Gasteiger partial charge is 0.430 e. The monoisotopic (exact) mass is 395 g/mol. The molecule has 0 radical (unpaired) electrons. The molecule has 0 aromatic heterocycles. The lowest BCUT2D eigenvalue weighted by Gasteiger charge is -2.35. The molecule has 1 aromatic carbocycles. The largest absolute Gasteiger partial charge is 0.478 e. The number of fused-ring (bicyclic) bond motifs is 1. The number of nitrogens with zero attached hydrogens (tertiary/aromatic N) is 1. The molecule has 1 saturated heterocycles. The van der Waals surface area contributed by atoms with Crippen LogP contribution >= 0.6 is 23.4 Å². The van der Waals surface area contributed by atoms with Crippen LogP contribution in [0.25, 0.3) is 6.08 Å². The van der Waals surface area contributed by atoms with Gasteiger partial charge in [0.2, 0.25) is 6.10 Å². The van der Waals surface area contributed by atoms with Crippen molar-refractivity contribution in [1.29, 1.82) is 0 Å². The second-order valence-corrected chi connectivity index (χ2v) is 7.09. The summed E-state index contributed by atoms with van der Waals surface area (Å²) in [5, 5.41) is 19.3. The SMILES string of the molecule is O=C(O)C1=Cc2cc(Cl)c(N3CCSCC3O)cc2OC1C(F)(F)F. The van der Waals surface area contributed by atoms with Gasteiger partial charge in [0.1, 0.15) is 12.0 Å². The van der Waals surface area contributed by atoms with Gasteiger partial charge in [0, 0.05) is 29.7 Å². The number of aliphatic hydroxyl groups excluding tert-OH is 1. The number of hydrogen-bond acceptors (Lipinski definition) is 5. The zero-order chi connectivity index (χ0) is 18.4. The van der Waals surface area contributed by atoms with Crippen molar-refractivity contribution in [2.24, 2.45) is 0 Å². The van der Waals surface area contributed by atoms with E-state index in [-0.39, 0.29) is 16.3 Å². The Kier molecular flexibility index (Phi) is 4.82. The highest BCUT2D eigenvalue weighted by Crippen LogP contribution is 2.42. The number of ether oxygens (including phenoxy) is 1. The quantitative estimate of drug-likeness (QED) is 0.802. The van der Waals surface area contributed by atoms with E-state index in [0.29, 0.717) is 18.0 Å². The Balaban J connectivity index is 2.05. The van der Waals surface area contributed by atoms with E-state index in [1.807, 2.05) is 0 Å². The van der Waals surface area contributed by atoms with E-state index < -0.39 is 30.1 Å². The number of anilines is 1. The van der Waals surface area contributed by atoms with Gasteiger partial charge in [-0.2, -0.15) is 24.9 Å². The first-order chi connectivity index (χ1) is 11.7. The molecule has 25 heavy (non-hydrogen) atoms. The minimum atomic E-state index is -4.87. The van der Waals surface area contributed by atoms with Crippen molar-refractivity contribution in [3.63, 3.8) is 0 Å². The lowest BCUT2D eigenvalue weighted by molar-refractivity contribution is -0.187. The number of aliphatic hydroxyl groups is 1. The number of benzene rings is 1. The molecule has 5 nitrogen and oxygen atoms in total. The van der Waals surface area contributed by atoms with E-state index in [1.54, 1.807) is 16.7 Å². The standard InChI is InChI=1S/C15H13ClF3NO4S/c16-9-4-7-3-8(14(22)23)13(15(17,18)19)24-11(7)5-10(9)20-1-2-25-6-12(20)21/h3-5,12-13,21H,1-2,6H2,(H,22,23). The van der Waals surface area contributed by atoms with Crippen molar-refractivity contribution in [2.75, 3.05) is 23.0 Å². The maximum Gasteiger partial charge on any atom is 0.430 e. The number of carboxylic acid groups (broad SMARTS) is 1. The van der Waals surface area contributed by atoms with E-state index in [2.05, 4.69) is 0 Å². The summed E-state index contributed by atoms with van der Waals surface area (Å²) in [6, 6.07) is 2.65. The third-order valence-electron chi connectivity index (χ3n) is 3.87. The summed E-state index contributed by atoms with van der Waals surface area (Å²) >= 11 is 7.75. The fourth-order valence-corrected chi connectivity index (χ4v) is 3.88. The molecular weight excluding hydrogens is 383 g/mol. The van der Waals surface area contributed by atoms with Crippen LogP contribution in [0.5, 0.6) is 5.75 Å². The predicted molar refractivity (Wildman–Crippen MR) is 88.2 cm³/mol. The van der Waals surface area contributed by atoms with E-state index in [9.17, 15) is 23.1 Å². The van der Waals surface area contributed by atoms with Gasteiger partial charge in [-0.3, -0.25) is 0 Å². The Morgan fingerprint density at radius 3 is 2.72 bits per heavy atom. The van der Waals surface area contributed by atoms with Gasteiger partial charge < -0.3 is 19.8 Å². The van der Waals surface area contributed by atoms with Crippen LogP contribution in [0, 0.1) is 0 Å². The molecule has 3 rings (SSSR count). The molecular formula is C15H13ClF3NO4S.